The van der Waals surface area contributed by atoms with Crippen molar-refractivity contribution < 1.29 is 13.9 Å². The number of ether oxygens (including phenoxy) is 1. The molecule has 2 rings (SSSR count). The molecule has 19 heavy (non-hydrogen) atoms. The normalized spacial score (nSPS) is 10.3. The van der Waals surface area contributed by atoms with Crippen LogP contribution in [0.25, 0.3) is 0 Å². The first-order valence-corrected chi connectivity index (χ1v) is 6.65. The second-order valence-electron chi connectivity index (χ2n) is 3.74. The van der Waals surface area contributed by atoms with Gasteiger partial charge < -0.3 is 4.74 Å². The van der Waals surface area contributed by atoms with E-state index in [2.05, 4.69) is 0 Å². The molecule has 2 aromatic rings. The maximum Gasteiger partial charge on any atom is 0.308 e. The Kier molecular flexibility index (Phi) is 4.45. The van der Waals surface area contributed by atoms with E-state index in [1.807, 2.05) is 0 Å². The Morgan fingerprint density at radius 3 is 2.74 bits per heavy atom. The average molecular weight is 297 g/mol. The maximum absolute atomic E-state index is 13.1. The molecule has 0 unspecified atom stereocenters. The molecule has 0 aromatic heterocycles. The smallest absolute Gasteiger partial charge is 0.308 e. The van der Waals surface area contributed by atoms with Crippen LogP contribution in [-0.4, -0.2) is 5.97 Å². The summed E-state index contributed by atoms with van der Waals surface area (Å²) in [7, 11) is 0. The second kappa shape index (κ2) is 6.08. The van der Waals surface area contributed by atoms with Crippen molar-refractivity contribution in [1.82, 2.24) is 0 Å². The molecule has 98 valence electrons. The highest BCUT2D eigenvalue weighted by molar-refractivity contribution is 7.99. The fourth-order valence-corrected chi connectivity index (χ4v) is 2.53. The summed E-state index contributed by atoms with van der Waals surface area (Å²) in [6.45, 7) is 1.32. The lowest BCUT2D eigenvalue weighted by molar-refractivity contribution is -0.132. The Morgan fingerprint density at radius 1 is 1.26 bits per heavy atom. The van der Waals surface area contributed by atoms with Crippen molar-refractivity contribution in [2.75, 3.05) is 0 Å². The van der Waals surface area contributed by atoms with Crippen molar-refractivity contribution in [3.63, 3.8) is 0 Å². The summed E-state index contributed by atoms with van der Waals surface area (Å²) in [5, 5.41) is 0.472. The van der Waals surface area contributed by atoms with Crippen molar-refractivity contribution in [3.05, 3.63) is 53.3 Å². The lowest BCUT2D eigenvalue weighted by Crippen LogP contribution is -2.02. The van der Waals surface area contributed by atoms with Crippen LogP contribution < -0.4 is 4.74 Å². The molecule has 0 atom stereocenters. The molecule has 0 radical (unpaired) electrons. The van der Waals surface area contributed by atoms with E-state index >= 15 is 0 Å². The van der Waals surface area contributed by atoms with Crippen LogP contribution in [0.3, 0.4) is 0 Å². The lowest BCUT2D eigenvalue weighted by Gasteiger charge is -2.09. The highest BCUT2D eigenvalue weighted by atomic mass is 35.5. The van der Waals surface area contributed by atoms with E-state index < -0.39 is 5.97 Å². The zero-order valence-electron chi connectivity index (χ0n) is 10.0. The topological polar surface area (TPSA) is 26.3 Å². The number of hydrogen-bond donors (Lipinski definition) is 0. The minimum atomic E-state index is -0.427. The molecule has 5 heteroatoms. The standard InChI is InChI=1S/C14H10ClFO2S/c1-9(17)18-13-7-10(15)5-6-14(13)19-12-4-2-3-11(16)8-12/h2-8H,1H3. The summed E-state index contributed by atoms with van der Waals surface area (Å²) < 4.78 is 18.2. The van der Waals surface area contributed by atoms with Crippen LogP contribution in [0.15, 0.2) is 52.3 Å². The average Bonchev–Trinajstić information content (AvgIpc) is 2.32. The molecule has 0 spiro atoms. The zero-order valence-corrected chi connectivity index (χ0v) is 11.6. The predicted octanol–water partition coefficient (Wildman–Crippen LogP) is 4.56. The Bertz CT molecular complexity index is 616. The highest BCUT2D eigenvalue weighted by Gasteiger charge is 2.09. The molecule has 0 amide bonds. The van der Waals surface area contributed by atoms with Gasteiger partial charge in [0.2, 0.25) is 0 Å². The first kappa shape index (κ1) is 13.9. The first-order chi connectivity index (χ1) is 9.04. The Labute approximate surface area is 119 Å². The molecular formula is C14H10ClFO2S. The summed E-state index contributed by atoms with van der Waals surface area (Å²) in [4.78, 5) is 12.5. The minimum Gasteiger partial charge on any atom is -0.425 e. The number of rotatable bonds is 3. The zero-order chi connectivity index (χ0) is 13.8. The van der Waals surface area contributed by atoms with Crippen molar-refractivity contribution in [2.45, 2.75) is 16.7 Å². The van der Waals surface area contributed by atoms with Crippen LogP contribution in [0, 0.1) is 5.82 Å². The van der Waals surface area contributed by atoms with Gasteiger partial charge in [-0.25, -0.2) is 4.39 Å². The molecule has 0 aliphatic carbocycles. The van der Waals surface area contributed by atoms with Crippen LogP contribution in [-0.2, 0) is 4.79 Å². The molecular weight excluding hydrogens is 287 g/mol. The Morgan fingerprint density at radius 2 is 2.05 bits per heavy atom. The molecule has 0 heterocycles. The molecule has 0 bridgehead atoms. The van der Waals surface area contributed by atoms with Crippen molar-refractivity contribution in [3.8, 4) is 5.75 Å². The Balaban J connectivity index is 2.31. The largest absolute Gasteiger partial charge is 0.425 e. The number of esters is 1. The molecule has 0 N–H and O–H groups in total. The monoisotopic (exact) mass is 296 g/mol. The van der Waals surface area contributed by atoms with Gasteiger partial charge in [-0.15, -0.1) is 0 Å². The summed E-state index contributed by atoms with van der Waals surface area (Å²) in [5.74, 6) is -0.370. The highest BCUT2D eigenvalue weighted by Crippen LogP contribution is 2.36. The number of halogens is 2. The maximum atomic E-state index is 13.1. The third-order valence-corrected chi connectivity index (χ3v) is 3.47. The summed E-state index contributed by atoms with van der Waals surface area (Å²) in [6, 6.07) is 11.2. The van der Waals surface area contributed by atoms with E-state index in [4.69, 9.17) is 16.3 Å². The van der Waals surface area contributed by atoms with Crippen molar-refractivity contribution >= 4 is 29.3 Å². The number of carbonyl (C=O) groups is 1. The van der Waals surface area contributed by atoms with Gasteiger partial charge in [0.25, 0.3) is 0 Å². The van der Waals surface area contributed by atoms with Gasteiger partial charge >= 0.3 is 5.97 Å². The molecule has 0 fully saturated rings. The van der Waals surface area contributed by atoms with E-state index in [-0.39, 0.29) is 5.82 Å². The number of hydrogen-bond acceptors (Lipinski definition) is 3. The number of carbonyl (C=O) groups excluding carboxylic acids is 1. The molecule has 0 aliphatic rings. The lowest BCUT2D eigenvalue weighted by atomic mass is 10.3. The van der Waals surface area contributed by atoms with Gasteiger partial charge in [0, 0.05) is 22.9 Å². The Hall–Kier alpha value is -1.52. The van der Waals surface area contributed by atoms with Gasteiger partial charge in [0.15, 0.2) is 0 Å². The number of benzene rings is 2. The van der Waals surface area contributed by atoms with Gasteiger partial charge in [0.1, 0.15) is 11.6 Å². The van der Waals surface area contributed by atoms with Crippen molar-refractivity contribution in [2.24, 2.45) is 0 Å². The fourth-order valence-electron chi connectivity index (χ4n) is 1.46. The van der Waals surface area contributed by atoms with Crippen LogP contribution in [0.1, 0.15) is 6.92 Å². The van der Waals surface area contributed by atoms with Gasteiger partial charge in [-0.3, -0.25) is 4.79 Å². The van der Waals surface area contributed by atoms with E-state index in [0.29, 0.717) is 15.7 Å². The summed E-state index contributed by atoms with van der Waals surface area (Å²) in [5.41, 5.74) is 0. The van der Waals surface area contributed by atoms with E-state index in [1.54, 1.807) is 30.3 Å². The van der Waals surface area contributed by atoms with Gasteiger partial charge in [-0.2, -0.15) is 0 Å². The van der Waals surface area contributed by atoms with Gasteiger partial charge in [0.05, 0.1) is 4.90 Å². The first-order valence-electron chi connectivity index (χ1n) is 5.46. The van der Waals surface area contributed by atoms with E-state index in [9.17, 15) is 9.18 Å². The summed E-state index contributed by atoms with van der Waals surface area (Å²) >= 11 is 7.17. The molecule has 2 aromatic carbocycles. The third-order valence-electron chi connectivity index (χ3n) is 2.18. The summed E-state index contributed by atoms with van der Waals surface area (Å²) in [6.07, 6.45) is 0. The molecule has 0 saturated carbocycles. The van der Waals surface area contributed by atoms with Gasteiger partial charge in [-0.05, 0) is 30.3 Å². The third kappa shape index (κ3) is 3.98. The SMILES string of the molecule is CC(=O)Oc1cc(Cl)ccc1Sc1cccc(F)c1. The van der Waals surface area contributed by atoms with Crippen LogP contribution >= 0.6 is 23.4 Å². The molecule has 0 saturated heterocycles. The van der Waals surface area contributed by atoms with Gasteiger partial charge in [-0.1, -0.05) is 29.4 Å². The van der Waals surface area contributed by atoms with Crippen LogP contribution in [0.4, 0.5) is 4.39 Å². The quantitative estimate of drug-likeness (QED) is 0.614. The molecule has 2 nitrogen and oxygen atoms in total. The second-order valence-corrected chi connectivity index (χ2v) is 5.30. The fraction of sp³-hybridized carbons (Fsp3) is 0.0714. The van der Waals surface area contributed by atoms with Crippen LogP contribution in [0.5, 0.6) is 5.75 Å². The predicted molar refractivity (Wildman–Crippen MR) is 73.3 cm³/mol. The van der Waals surface area contributed by atoms with Crippen molar-refractivity contribution in [1.29, 1.82) is 0 Å². The van der Waals surface area contributed by atoms with E-state index in [0.717, 1.165) is 4.90 Å². The molecule has 0 aliphatic heterocycles. The van der Waals surface area contributed by atoms with E-state index in [1.165, 1.54) is 30.8 Å². The van der Waals surface area contributed by atoms with Crippen LogP contribution in [0.2, 0.25) is 5.02 Å². The minimum absolute atomic E-state index is 0.312.